The minimum absolute atomic E-state index is 0.289. The van der Waals surface area contributed by atoms with Gasteiger partial charge in [0, 0.05) is 18.1 Å². The lowest BCUT2D eigenvalue weighted by Gasteiger charge is -2.17. The molecule has 2 aromatic rings. The third kappa shape index (κ3) is 4.11. The van der Waals surface area contributed by atoms with Crippen LogP contribution < -0.4 is 5.32 Å². The average Bonchev–Trinajstić information content (AvgIpc) is 3.13. The van der Waals surface area contributed by atoms with E-state index in [1.54, 1.807) is 18.2 Å². The topological polar surface area (TPSA) is 75.6 Å². The molecule has 1 saturated heterocycles. The van der Waals surface area contributed by atoms with Gasteiger partial charge in [-0.3, -0.25) is 4.79 Å². The zero-order valence-electron chi connectivity index (χ0n) is 15.0. The van der Waals surface area contributed by atoms with Crippen LogP contribution in [0.2, 0.25) is 0 Å². The highest BCUT2D eigenvalue weighted by atomic mass is 16.5. The molecule has 0 aliphatic carbocycles. The first-order chi connectivity index (χ1) is 12.4. The molecule has 2 unspecified atom stereocenters. The number of hydrogen-bond donors (Lipinski definition) is 2. The maximum Gasteiger partial charge on any atom is 0.330 e. The van der Waals surface area contributed by atoms with Gasteiger partial charge in [-0.15, -0.1) is 0 Å². The Balaban J connectivity index is 1.82. The zero-order chi connectivity index (χ0) is 18.7. The monoisotopic (exact) mass is 353 g/mol. The van der Waals surface area contributed by atoms with Crippen molar-refractivity contribution in [2.45, 2.75) is 32.2 Å². The zero-order valence-corrected chi connectivity index (χ0v) is 15.0. The molecule has 136 valence electrons. The number of nitrogens with one attached hydrogen (secondary N) is 1. The van der Waals surface area contributed by atoms with Crippen molar-refractivity contribution in [2.75, 3.05) is 13.2 Å². The molecule has 1 aliphatic heterocycles. The molecule has 1 fully saturated rings. The van der Waals surface area contributed by atoms with Crippen LogP contribution in [-0.4, -0.2) is 30.2 Å². The maximum atomic E-state index is 12.7. The summed E-state index contributed by atoms with van der Waals surface area (Å²) in [4.78, 5) is 24.4. The van der Waals surface area contributed by atoms with Crippen LogP contribution in [0.3, 0.4) is 0 Å². The molecule has 5 heteroatoms. The number of rotatable bonds is 5. The molecular weight excluding hydrogens is 330 g/mol. The van der Waals surface area contributed by atoms with E-state index < -0.39 is 17.9 Å². The fraction of sp³-hybridized carbons (Fsp3) is 0.333. The van der Waals surface area contributed by atoms with Crippen LogP contribution >= 0.6 is 0 Å². The van der Waals surface area contributed by atoms with Gasteiger partial charge < -0.3 is 15.2 Å². The van der Waals surface area contributed by atoms with E-state index in [9.17, 15) is 14.7 Å². The van der Waals surface area contributed by atoms with Crippen molar-refractivity contribution in [1.82, 2.24) is 5.32 Å². The number of carbonyl (C=O) groups is 2. The lowest BCUT2D eigenvalue weighted by Crippen LogP contribution is -2.34. The van der Waals surface area contributed by atoms with Gasteiger partial charge in [-0.05, 0) is 43.5 Å². The third-order valence-electron chi connectivity index (χ3n) is 4.65. The molecule has 3 rings (SSSR count). The van der Waals surface area contributed by atoms with E-state index in [1.165, 1.54) is 0 Å². The van der Waals surface area contributed by atoms with Gasteiger partial charge in [-0.1, -0.05) is 41.5 Å². The van der Waals surface area contributed by atoms with Crippen LogP contribution in [0.1, 0.15) is 51.0 Å². The molecule has 0 bridgehead atoms. The number of carbonyl (C=O) groups excluding carboxylic acids is 1. The Morgan fingerprint density at radius 3 is 2.50 bits per heavy atom. The van der Waals surface area contributed by atoms with Crippen LogP contribution in [0, 0.1) is 13.8 Å². The SMILES string of the molecule is Cc1cc(C)cc(C(NC(=O)c2cccc(C3CCOC3)c2)C(=O)O)c1. The van der Waals surface area contributed by atoms with Gasteiger partial charge in [0.2, 0.25) is 0 Å². The Morgan fingerprint density at radius 1 is 1.15 bits per heavy atom. The molecule has 0 radical (unpaired) electrons. The smallest absolute Gasteiger partial charge is 0.330 e. The second-order valence-corrected chi connectivity index (χ2v) is 6.85. The molecular formula is C21H23NO4. The Labute approximate surface area is 153 Å². The summed E-state index contributed by atoms with van der Waals surface area (Å²) in [5, 5.41) is 12.3. The summed E-state index contributed by atoms with van der Waals surface area (Å²) in [5.41, 5.74) is 4.01. The predicted molar refractivity (Wildman–Crippen MR) is 98.4 cm³/mol. The first-order valence-electron chi connectivity index (χ1n) is 8.73. The number of ether oxygens (including phenoxy) is 1. The van der Waals surface area contributed by atoms with Gasteiger partial charge in [0.1, 0.15) is 0 Å². The van der Waals surface area contributed by atoms with Crippen LogP contribution in [0.15, 0.2) is 42.5 Å². The summed E-state index contributed by atoms with van der Waals surface area (Å²) >= 11 is 0. The molecule has 2 aromatic carbocycles. The van der Waals surface area contributed by atoms with E-state index in [1.807, 2.05) is 38.1 Å². The van der Waals surface area contributed by atoms with E-state index in [2.05, 4.69) is 5.32 Å². The predicted octanol–water partition coefficient (Wildman–Crippen LogP) is 3.36. The van der Waals surface area contributed by atoms with Gasteiger partial charge in [0.15, 0.2) is 6.04 Å². The molecule has 0 spiro atoms. The van der Waals surface area contributed by atoms with E-state index in [0.29, 0.717) is 17.7 Å². The average molecular weight is 353 g/mol. The summed E-state index contributed by atoms with van der Waals surface area (Å²) < 4.78 is 5.41. The summed E-state index contributed by atoms with van der Waals surface area (Å²) in [6.07, 6.45) is 0.936. The second-order valence-electron chi connectivity index (χ2n) is 6.85. The lowest BCUT2D eigenvalue weighted by molar-refractivity contribution is -0.139. The fourth-order valence-electron chi connectivity index (χ4n) is 3.41. The van der Waals surface area contributed by atoms with Gasteiger partial charge in [0.25, 0.3) is 5.91 Å². The summed E-state index contributed by atoms with van der Waals surface area (Å²) in [6.45, 7) is 5.20. The number of aryl methyl sites for hydroxylation is 2. The largest absolute Gasteiger partial charge is 0.479 e. The molecule has 1 heterocycles. The number of carboxylic acid groups (broad SMARTS) is 1. The first kappa shape index (κ1) is 18.1. The van der Waals surface area contributed by atoms with Crippen molar-refractivity contribution in [3.63, 3.8) is 0 Å². The molecule has 5 nitrogen and oxygen atoms in total. The number of carboxylic acids is 1. The fourth-order valence-corrected chi connectivity index (χ4v) is 3.41. The molecule has 26 heavy (non-hydrogen) atoms. The van der Waals surface area contributed by atoms with E-state index >= 15 is 0 Å². The minimum Gasteiger partial charge on any atom is -0.479 e. The van der Waals surface area contributed by atoms with Crippen LogP contribution in [0.25, 0.3) is 0 Å². The second kappa shape index (κ2) is 7.70. The Hall–Kier alpha value is -2.66. The Bertz CT molecular complexity index is 804. The van der Waals surface area contributed by atoms with Crippen molar-refractivity contribution in [3.05, 3.63) is 70.3 Å². The van der Waals surface area contributed by atoms with Gasteiger partial charge in [-0.25, -0.2) is 4.79 Å². The first-order valence-corrected chi connectivity index (χ1v) is 8.73. The van der Waals surface area contributed by atoms with Crippen LogP contribution in [0.4, 0.5) is 0 Å². The van der Waals surface area contributed by atoms with E-state index in [-0.39, 0.29) is 5.92 Å². The van der Waals surface area contributed by atoms with Crippen molar-refractivity contribution >= 4 is 11.9 Å². The van der Waals surface area contributed by atoms with Crippen molar-refractivity contribution in [1.29, 1.82) is 0 Å². The van der Waals surface area contributed by atoms with Crippen LogP contribution in [-0.2, 0) is 9.53 Å². The number of aliphatic carboxylic acids is 1. The third-order valence-corrected chi connectivity index (χ3v) is 4.65. The molecule has 2 N–H and O–H groups in total. The Morgan fingerprint density at radius 2 is 1.88 bits per heavy atom. The molecule has 0 saturated carbocycles. The molecule has 0 aromatic heterocycles. The number of amides is 1. The molecule has 1 amide bonds. The summed E-state index contributed by atoms with van der Waals surface area (Å²) in [6, 6.07) is 11.8. The molecule has 2 atom stereocenters. The lowest BCUT2D eigenvalue weighted by atomic mass is 9.96. The Kier molecular flexibility index (Phi) is 5.38. The van der Waals surface area contributed by atoms with E-state index in [4.69, 9.17) is 4.74 Å². The highest BCUT2D eigenvalue weighted by Crippen LogP contribution is 2.26. The quantitative estimate of drug-likeness (QED) is 0.864. The van der Waals surface area contributed by atoms with Crippen LogP contribution in [0.5, 0.6) is 0 Å². The van der Waals surface area contributed by atoms with E-state index in [0.717, 1.165) is 29.7 Å². The van der Waals surface area contributed by atoms with Crippen molar-refractivity contribution in [3.8, 4) is 0 Å². The number of hydrogen-bond acceptors (Lipinski definition) is 3. The normalized spacial score (nSPS) is 17.7. The van der Waals surface area contributed by atoms with Gasteiger partial charge in [-0.2, -0.15) is 0 Å². The molecule has 1 aliphatic rings. The summed E-state index contributed by atoms with van der Waals surface area (Å²) in [7, 11) is 0. The highest BCUT2D eigenvalue weighted by molar-refractivity contribution is 5.97. The van der Waals surface area contributed by atoms with Crippen molar-refractivity contribution < 1.29 is 19.4 Å². The maximum absolute atomic E-state index is 12.7. The van der Waals surface area contributed by atoms with Gasteiger partial charge in [0.05, 0.1) is 6.61 Å². The summed E-state index contributed by atoms with van der Waals surface area (Å²) in [5.74, 6) is -1.18. The standard InChI is InChI=1S/C21H23NO4/c1-13-8-14(2)10-18(9-13)19(21(24)25)22-20(23)16-5-3-4-15(11-16)17-6-7-26-12-17/h3-5,8-11,17,19H,6-7,12H2,1-2H3,(H,22,23)(H,24,25). The minimum atomic E-state index is -1.08. The number of benzene rings is 2. The van der Waals surface area contributed by atoms with Gasteiger partial charge >= 0.3 is 5.97 Å². The highest BCUT2D eigenvalue weighted by Gasteiger charge is 2.24. The van der Waals surface area contributed by atoms with Crippen molar-refractivity contribution in [2.24, 2.45) is 0 Å².